The summed E-state index contributed by atoms with van der Waals surface area (Å²) in [5.41, 5.74) is 2.52. The van der Waals surface area contributed by atoms with Gasteiger partial charge in [-0.2, -0.15) is 0 Å². The van der Waals surface area contributed by atoms with Crippen LogP contribution in [0.1, 0.15) is 60.3 Å². The third kappa shape index (κ3) is 3.20. The molecule has 1 aromatic heterocycles. The highest BCUT2D eigenvalue weighted by Crippen LogP contribution is 2.41. The maximum Gasteiger partial charge on any atom is 0.293 e. The van der Waals surface area contributed by atoms with Gasteiger partial charge in [-0.15, -0.1) is 0 Å². The number of anilines is 1. The van der Waals surface area contributed by atoms with Crippen molar-refractivity contribution in [2.24, 2.45) is 0 Å². The Morgan fingerprint density at radius 1 is 1.25 bits per heavy atom. The summed E-state index contributed by atoms with van der Waals surface area (Å²) in [6.45, 7) is 4.07. The summed E-state index contributed by atoms with van der Waals surface area (Å²) in [5, 5.41) is 2.90. The van der Waals surface area contributed by atoms with Gasteiger partial charge in [-0.25, -0.2) is 4.98 Å². The zero-order chi connectivity index (χ0) is 19.1. The molecule has 3 aliphatic rings. The Labute approximate surface area is 165 Å². The first-order valence-corrected chi connectivity index (χ1v) is 10.4. The summed E-state index contributed by atoms with van der Waals surface area (Å²) in [6, 6.07) is 6.75. The quantitative estimate of drug-likeness (QED) is 0.872. The minimum Gasteiger partial charge on any atom is -0.487 e. The Morgan fingerprint density at radius 3 is 2.75 bits per heavy atom. The van der Waals surface area contributed by atoms with E-state index in [4.69, 9.17) is 9.15 Å². The minimum absolute atomic E-state index is 0.00500. The Kier molecular flexibility index (Phi) is 4.38. The first kappa shape index (κ1) is 17.7. The molecule has 0 atom stereocenters. The van der Waals surface area contributed by atoms with Crippen LogP contribution in [0.2, 0.25) is 0 Å². The van der Waals surface area contributed by atoms with Crippen molar-refractivity contribution >= 4 is 11.6 Å². The van der Waals surface area contributed by atoms with E-state index in [0.717, 1.165) is 56.3 Å². The molecule has 6 heteroatoms. The lowest BCUT2D eigenvalue weighted by atomic mass is 9.81. The number of ether oxygens (including phenoxy) is 1. The highest BCUT2D eigenvalue weighted by Gasteiger charge is 2.41. The molecular weight excluding hydrogens is 354 g/mol. The van der Waals surface area contributed by atoms with E-state index in [1.807, 2.05) is 18.2 Å². The molecule has 1 amide bonds. The predicted octanol–water partition coefficient (Wildman–Crippen LogP) is 3.95. The van der Waals surface area contributed by atoms with Gasteiger partial charge in [-0.05, 0) is 69.2 Å². The lowest BCUT2D eigenvalue weighted by molar-refractivity contribution is -0.0336. The number of aromatic nitrogens is 1. The number of hydrogen-bond acceptors (Lipinski definition) is 5. The summed E-state index contributed by atoms with van der Waals surface area (Å²) >= 11 is 0. The minimum atomic E-state index is -0.272. The maximum atomic E-state index is 12.3. The molecule has 28 heavy (non-hydrogen) atoms. The number of aryl methyl sites for hydroxylation is 2. The van der Waals surface area contributed by atoms with Crippen molar-refractivity contribution in [2.75, 3.05) is 18.4 Å². The van der Waals surface area contributed by atoms with Gasteiger partial charge < -0.3 is 19.4 Å². The van der Waals surface area contributed by atoms with Gasteiger partial charge in [0.2, 0.25) is 5.76 Å². The second kappa shape index (κ2) is 6.92. The number of likely N-dealkylation sites (tertiary alicyclic amines) is 1. The van der Waals surface area contributed by atoms with E-state index in [1.165, 1.54) is 31.2 Å². The summed E-state index contributed by atoms with van der Waals surface area (Å²) in [6.07, 6.45) is 9.71. The van der Waals surface area contributed by atoms with Gasteiger partial charge in [0, 0.05) is 24.8 Å². The van der Waals surface area contributed by atoms with Crippen LogP contribution in [0.4, 0.5) is 5.69 Å². The van der Waals surface area contributed by atoms with Crippen LogP contribution in [0.25, 0.3) is 0 Å². The largest absolute Gasteiger partial charge is 0.487 e. The van der Waals surface area contributed by atoms with E-state index < -0.39 is 0 Å². The predicted molar refractivity (Wildman–Crippen MR) is 106 cm³/mol. The summed E-state index contributed by atoms with van der Waals surface area (Å²) < 4.78 is 11.7. The highest BCUT2D eigenvalue weighted by atomic mass is 16.5. The summed E-state index contributed by atoms with van der Waals surface area (Å²) in [4.78, 5) is 19.0. The number of rotatable bonds is 3. The van der Waals surface area contributed by atoms with Gasteiger partial charge >= 0.3 is 0 Å². The van der Waals surface area contributed by atoms with Crippen LogP contribution in [0.3, 0.4) is 0 Å². The fraction of sp³-hybridized carbons (Fsp3) is 0.545. The first-order chi connectivity index (χ1) is 13.6. The number of benzene rings is 1. The van der Waals surface area contributed by atoms with Crippen molar-refractivity contribution in [1.29, 1.82) is 0 Å². The number of piperidine rings is 1. The molecule has 1 N–H and O–H groups in total. The molecule has 2 aromatic rings. The third-order valence-electron chi connectivity index (χ3n) is 6.75. The number of amides is 1. The smallest absolute Gasteiger partial charge is 0.293 e. The lowest BCUT2D eigenvalue weighted by Crippen LogP contribution is -2.53. The van der Waals surface area contributed by atoms with Crippen LogP contribution in [0.5, 0.6) is 5.75 Å². The van der Waals surface area contributed by atoms with E-state index in [0.29, 0.717) is 5.69 Å². The average molecular weight is 381 g/mol. The molecule has 148 valence electrons. The third-order valence-corrected chi connectivity index (χ3v) is 6.75. The Bertz CT molecular complexity index is 879. The van der Waals surface area contributed by atoms with E-state index in [1.54, 1.807) is 6.92 Å². The number of nitrogens with zero attached hydrogens (tertiary/aromatic N) is 2. The zero-order valence-electron chi connectivity index (χ0n) is 16.4. The van der Waals surface area contributed by atoms with Crippen molar-refractivity contribution in [1.82, 2.24) is 9.88 Å². The number of oxazole rings is 1. The molecule has 6 nitrogen and oxygen atoms in total. The summed E-state index contributed by atoms with van der Waals surface area (Å²) in [7, 11) is 0. The number of hydrogen-bond donors (Lipinski definition) is 1. The van der Waals surface area contributed by atoms with Gasteiger partial charge in [0.1, 0.15) is 11.4 Å². The standard InChI is InChI=1S/C22H27N3O3/c1-15-20(27-14-23-15)21(26)24-17-5-6-19-16(13-17)7-8-22(28-19)9-11-25(12-10-22)18-3-2-4-18/h5-6,13-14,18H,2-4,7-12H2,1H3,(H,24,26). The normalized spacial score (nSPS) is 21.6. The highest BCUT2D eigenvalue weighted by molar-refractivity contribution is 6.02. The second-order valence-corrected chi connectivity index (χ2v) is 8.45. The number of nitrogens with one attached hydrogen (secondary N) is 1. The first-order valence-electron chi connectivity index (χ1n) is 10.4. The molecule has 2 aliphatic heterocycles. The molecule has 2 fully saturated rings. The number of carbonyl (C=O) groups excluding carboxylic acids is 1. The van der Waals surface area contributed by atoms with E-state index >= 15 is 0 Å². The van der Waals surface area contributed by atoms with E-state index in [9.17, 15) is 4.79 Å². The maximum absolute atomic E-state index is 12.3. The topological polar surface area (TPSA) is 67.6 Å². The molecule has 1 spiro atoms. The van der Waals surface area contributed by atoms with Crippen LogP contribution < -0.4 is 10.1 Å². The fourth-order valence-electron chi connectivity index (χ4n) is 4.71. The van der Waals surface area contributed by atoms with Gasteiger partial charge in [-0.1, -0.05) is 6.42 Å². The molecule has 1 aliphatic carbocycles. The van der Waals surface area contributed by atoms with Crippen LogP contribution in [-0.2, 0) is 6.42 Å². The van der Waals surface area contributed by atoms with Crippen molar-refractivity contribution in [2.45, 2.75) is 63.5 Å². The van der Waals surface area contributed by atoms with Crippen LogP contribution >= 0.6 is 0 Å². The lowest BCUT2D eigenvalue weighted by Gasteiger charge is -2.48. The molecule has 0 bridgehead atoms. The monoisotopic (exact) mass is 381 g/mol. The summed E-state index contributed by atoms with van der Waals surface area (Å²) in [5.74, 6) is 0.954. The molecule has 5 rings (SSSR count). The molecule has 1 aromatic carbocycles. The van der Waals surface area contributed by atoms with Crippen LogP contribution in [0.15, 0.2) is 29.0 Å². The molecular formula is C22H27N3O3. The van der Waals surface area contributed by atoms with E-state index in [2.05, 4.69) is 15.2 Å². The molecule has 1 saturated carbocycles. The van der Waals surface area contributed by atoms with Crippen LogP contribution in [-0.4, -0.2) is 40.5 Å². The van der Waals surface area contributed by atoms with E-state index in [-0.39, 0.29) is 17.3 Å². The van der Waals surface area contributed by atoms with Gasteiger partial charge in [0.05, 0.1) is 5.69 Å². The fourth-order valence-corrected chi connectivity index (χ4v) is 4.71. The number of carbonyl (C=O) groups is 1. The van der Waals surface area contributed by atoms with Crippen molar-refractivity contribution in [3.05, 3.63) is 41.6 Å². The number of fused-ring (bicyclic) bond motifs is 1. The Hall–Kier alpha value is -2.34. The van der Waals surface area contributed by atoms with Gasteiger partial charge in [0.15, 0.2) is 6.39 Å². The van der Waals surface area contributed by atoms with Crippen molar-refractivity contribution in [3.63, 3.8) is 0 Å². The molecule has 0 unspecified atom stereocenters. The van der Waals surface area contributed by atoms with Gasteiger partial charge in [-0.3, -0.25) is 4.79 Å². The molecule has 0 radical (unpaired) electrons. The Balaban J connectivity index is 1.25. The average Bonchev–Trinajstić information content (AvgIpc) is 3.09. The molecule has 3 heterocycles. The second-order valence-electron chi connectivity index (χ2n) is 8.45. The van der Waals surface area contributed by atoms with Crippen molar-refractivity contribution < 1.29 is 13.9 Å². The Morgan fingerprint density at radius 2 is 2.07 bits per heavy atom. The van der Waals surface area contributed by atoms with Crippen molar-refractivity contribution in [3.8, 4) is 5.75 Å². The SMILES string of the molecule is Cc1ncoc1C(=O)Nc1ccc2c(c1)CCC1(CCN(C3CCC3)CC1)O2. The van der Waals surface area contributed by atoms with Gasteiger partial charge in [0.25, 0.3) is 5.91 Å². The van der Waals surface area contributed by atoms with Crippen LogP contribution in [0, 0.1) is 6.92 Å². The zero-order valence-corrected chi connectivity index (χ0v) is 16.4. The molecule has 1 saturated heterocycles.